The molecule has 0 atom stereocenters. The number of Topliss-reactive ketones (excluding diaryl/α,β-unsaturated/α-hetero) is 1. The van der Waals surface area contributed by atoms with Crippen LogP contribution in [0.25, 0.3) is 0 Å². The van der Waals surface area contributed by atoms with Gasteiger partial charge in [-0.3, -0.25) is 14.8 Å². The molecule has 0 spiro atoms. The third-order valence-electron chi connectivity index (χ3n) is 3.42. The molecular formula is C19H13FN4O2. The van der Waals surface area contributed by atoms with Crippen LogP contribution in [0.15, 0.2) is 48.9 Å². The minimum Gasteiger partial charge on any atom is -0.456 e. The first-order valence-corrected chi connectivity index (χ1v) is 7.69. The molecule has 3 rings (SSSR count). The maximum absolute atomic E-state index is 12.9. The highest BCUT2D eigenvalue weighted by molar-refractivity contribution is 5.95. The molecule has 26 heavy (non-hydrogen) atoms. The first-order chi connectivity index (χ1) is 12.5. The number of ether oxygens (including phenoxy) is 1. The molecule has 128 valence electrons. The van der Waals surface area contributed by atoms with Crippen molar-refractivity contribution >= 4 is 5.78 Å². The van der Waals surface area contributed by atoms with E-state index in [1.54, 1.807) is 19.1 Å². The van der Waals surface area contributed by atoms with Gasteiger partial charge in [0.25, 0.3) is 0 Å². The number of halogens is 1. The Balaban J connectivity index is 1.81. The summed E-state index contributed by atoms with van der Waals surface area (Å²) in [5.41, 5.74) is 1.64. The van der Waals surface area contributed by atoms with Gasteiger partial charge in [0.1, 0.15) is 29.1 Å². The monoisotopic (exact) mass is 348 g/mol. The van der Waals surface area contributed by atoms with Crippen molar-refractivity contribution in [3.63, 3.8) is 0 Å². The maximum Gasteiger partial charge on any atom is 0.187 e. The SMILES string of the molecule is Cc1cc(Oc2cncc(C#N)c2)cc(C(=O)Cc2ccc(F)cn2)n1. The van der Waals surface area contributed by atoms with E-state index in [1.165, 1.54) is 30.6 Å². The van der Waals surface area contributed by atoms with Gasteiger partial charge in [0, 0.05) is 35.8 Å². The summed E-state index contributed by atoms with van der Waals surface area (Å²) in [7, 11) is 0. The molecule has 0 unspecified atom stereocenters. The molecule has 0 aliphatic heterocycles. The molecule has 0 aromatic carbocycles. The number of hydrogen-bond acceptors (Lipinski definition) is 6. The second-order valence-corrected chi connectivity index (χ2v) is 5.52. The quantitative estimate of drug-likeness (QED) is 0.657. The number of hydrogen-bond donors (Lipinski definition) is 0. The van der Waals surface area contributed by atoms with E-state index in [0.29, 0.717) is 28.5 Å². The van der Waals surface area contributed by atoms with Gasteiger partial charge < -0.3 is 4.74 Å². The number of carbonyl (C=O) groups is 1. The molecule has 0 aliphatic carbocycles. The first kappa shape index (κ1) is 17.2. The number of carbonyl (C=O) groups excluding carboxylic acids is 1. The molecule has 0 aliphatic rings. The molecule has 3 heterocycles. The third kappa shape index (κ3) is 4.24. The molecule has 7 heteroatoms. The Morgan fingerprint density at radius 3 is 2.77 bits per heavy atom. The van der Waals surface area contributed by atoms with Gasteiger partial charge in [0.2, 0.25) is 0 Å². The topological polar surface area (TPSA) is 88.8 Å². The number of aromatic nitrogens is 3. The predicted molar refractivity (Wildman–Crippen MR) is 90.2 cm³/mol. The van der Waals surface area contributed by atoms with Crippen LogP contribution in [0.3, 0.4) is 0 Å². The van der Waals surface area contributed by atoms with Gasteiger partial charge in [-0.15, -0.1) is 0 Å². The molecule has 6 nitrogen and oxygen atoms in total. The van der Waals surface area contributed by atoms with E-state index >= 15 is 0 Å². The van der Waals surface area contributed by atoms with Gasteiger partial charge in [0.15, 0.2) is 5.78 Å². The summed E-state index contributed by atoms with van der Waals surface area (Å²) >= 11 is 0. The summed E-state index contributed by atoms with van der Waals surface area (Å²) in [6.07, 6.45) is 3.97. The number of pyridine rings is 3. The summed E-state index contributed by atoms with van der Waals surface area (Å²) in [5, 5.41) is 8.92. The number of nitrogens with zero attached hydrogens (tertiary/aromatic N) is 4. The number of rotatable bonds is 5. The Morgan fingerprint density at radius 2 is 2.04 bits per heavy atom. The van der Waals surface area contributed by atoms with Crippen LogP contribution >= 0.6 is 0 Å². The Bertz CT molecular complexity index is 997. The van der Waals surface area contributed by atoms with Crippen LogP contribution in [0.1, 0.15) is 27.4 Å². The Hall–Kier alpha value is -3.66. The van der Waals surface area contributed by atoms with E-state index in [4.69, 9.17) is 10.00 Å². The van der Waals surface area contributed by atoms with Gasteiger partial charge in [-0.2, -0.15) is 5.26 Å². The number of aryl methyl sites for hydroxylation is 1. The van der Waals surface area contributed by atoms with Crippen molar-refractivity contribution in [2.45, 2.75) is 13.3 Å². The fourth-order valence-electron chi connectivity index (χ4n) is 2.28. The maximum atomic E-state index is 12.9. The van der Waals surface area contributed by atoms with E-state index in [0.717, 1.165) is 6.20 Å². The molecule has 3 aromatic rings. The van der Waals surface area contributed by atoms with E-state index in [2.05, 4.69) is 15.0 Å². The Kier molecular flexibility index (Phi) is 4.94. The van der Waals surface area contributed by atoms with Crippen molar-refractivity contribution in [1.82, 2.24) is 15.0 Å². The average Bonchev–Trinajstić information content (AvgIpc) is 2.63. The van der Waals surface area contributed by atoms with E-state index in [9.17, 15) is 9.18 Å². The molecule has 3 aromatic heterocycles. The van der Waals surface area contributed by atoms with Crippen LogP contribution in [-0.4, -0.2) is 20.7 Å². The van der Waals surface area contributed by atoms with Crippen molar-refractivity contribution in [3.05, 3.63) is 77.4 Å². The Labute approximate surface area is 148 Å². The zero-order chi connectivity index (χ0) is 18.5. The molecule has 0 bridgehead atoms. The average molecular weight is 348 g/mol. The highest BCUT2D eigenvalue weighted by atomic mass is 19.1. The fourth-order valence-corrected chi connectivity index (χ4v) is 2.28. The van der Waals surface area contributed by atoms with Gasteiger partial charge in [-0.05, 0) is 19.1 Å². The minimum absolute atomic E-state index is 0.00163. The van der Waals surface area contributed by atoms with Crippen molar-refractivity contribution in [2.24, 2.45) is 0 Å². The van der Waals surface area contributed by atoms with Crippen LogP contribution in [0.5, 0.6) is 11.5 Å². The lowest BCUT2D eigenvalue weighted by Crippen LogP contribution is -2.08. The van der Waals surface area contributed by atoms with Crippen molar-refractivity contribution in [1.29, 1.82) is 5.26 Å². The van der Waals surface area contributed by atoms with E-state index in [-0.39, 0.29) is 17.9 Å². The molecule has 0 fully saturated rings. The summed E-state index contributed by atoms with van der Waals surface area (Å²) in [4.78, 5) is 24.5. The standard InChI is InChI=1S/C19H13FN4O2/c1-12-4-16(26-17-5-13(8-21)9-22-11-17)7-18(24-12)19(25)6-15-3-2-14(20)10-23-15/h2-5,7,9-11H,6H2,1H3. The van der Waals surface area contributed by atoms with Gasteiger partial charge in [0.05, 0.1) is 24.4 Å². The normalized spacial score (nSPS) is 10.2. The summed E-state index contributed by atoms with van der Waals surface area (Å²) in [6.45, 7) is 1.74. The smallest absolute Gasteiger partial charge is 0.187 e. The second-order valence-electron chi connectivity index (χ2n) is 5.52. The lowest BCUT2D eigenvalue weighted by atomic mass is 10.1. The van der Waals surface area contributed by atoms with Gasteiger partial charge in [-0.1, -0.05) is 0 Å². The molecule has 0 saturated heterocycles. The lowest BCUT2D eigenvalue weighted by molar-refractivity contribution is 0.0986. The van der Waals surface area contributed by atoms with Crippen molar-refractivity contribution < 1.29 is 13.9 Å². The van der Waals surface area contributed by atoms with E-state index < -0.39 is 5.82 Å². The Morgan fingerprint density at radius 1 is 1.19 bits per heavy atom. The van der Waals surface area contributed by atoms with Crippen molar-refractivity contribution in [3.8, 4) is 17.6 Å². The van der Waals surface area contributed by atoms with E-state index in [1.807, 2.05) is 6.07 Å². The predicted octanol–water partition coefficient (Wildman–Crippen LogP) is 3.41. The number of ketones is 1. The zero-order valence-corrected chi connectivity index (χ0v) is 13.8. The third-order valence-corrected chi connectivity index (χ3v) is 3.42. The molecular weight excluding hydrogens is 335 g/mol. The molecule has 0 radical (unpaired) electrons. The molecule has 0 amide bonds. The highest BCUT2D eigenvalue weighted by Gasteiger charge is 2.13. The van der Waals surface area contributed by atoms with Gasteiger partial charge >= 0.3 is 0 Å². The second kappa shape index (κ2) is 7.49. The lowest BCUT2D eigenvalue weighted by Gasteiger charge is -2.08. The van der Waals surface area contributed by atoms with Crippen LogP contribution < -0.4 is 4.74 Å². The first-order valence-electron chi connectivity index (χ1n) is 7.69. The minimum atomic E-state index is -0.459. The van der Waals surface area contributed by atoms with Crippen molar-refractivity contribution in [2.75, 3.05) is 0 Å². The van der Waals surface area contributed by atoms with Crippen LogP contribution in [0.2, 0.25) is 0 Å². The molecule has 0 N–H and O–H groups in total. The number of nitriles is 1. The van der Waals surface area contributed by atoms with Crippen LogP contribution in [0, 0.1) is 24.1 Å². The largest absolute Gasteiger partial charge is 0.456 e. The van der Waals surface area contributed by atoms with Crippen LogP contribution in [-0.2, 0) is 6.42 Å². The summed E-state index contributed by atoms with van der Waals surface area (Å²) < 4.78 is 18.6. The molecule has 0 saturated carbocycles. The van der Waals surface area contributed by atoms with Crippen LogP contribution in [0.4, 0.5) is 4.39 Å². The summed E-state index contributed by atoms with van der Waals surface area (Å²) in [6, 6.07) is 9.43. The zero-order valence-electron chi connectivity index (χ0n) is 13.8. The summed E-state index contributed by atoms with van der Waals surface area (Å²) in [5.74, 6) is 0.0680. The van der Waals surface area contributed by atoms with Gasteiger partial charge in [-0.25, -0.2) is 9.37 Å². The highest BCUT2D eigenvalue weighted by Crippen LogP contribution is 2.23. The fraction of sp³-hybridized carbons (Fsp3) is 0.105.